The monoisotopic (exact) mass is 345 g/mol. The highest BCUT2D eigenvalue weighted by molar-refractivity contribution is 5.90. The van der Waals surface area contributed by atoms with Crippen LogP contribution in [0.15, 0.2) is 18.2 Å². The standard InChI is InChI=1S/C20H31N3O2/c1-14-12-17(23-11-5-4-6-15(23)2)9-10-18(14)21-20(25)22(3)13-19(24)16-7-8-16/h9-10,12,15-16,19,24H,4-8,11,13H2,1-3H3,(H,21,25). The third-order valence-electron chi connectivity index (χ3n) is 5.56. The first-order chi connectivity index (χ1) is 12.0. The molecule has 2 fully saturated rings. The highest BCUT2D eigenvalue weighted by atomic mass is 16.3. The fraction of sp³-hybridized carbons (Fsp3) is 0.650. The molecule has 2 amide bonds. The van der Waals surface area contributed by atoms with Gasteiger partial charge in [-0.05, 0) is 75.6 Å². The summed E-state index contributed by atoms with van der Waals surface area (Å²) in [5, 5.41) is 13.0. The van der Waals surface area contributed by atoms with Gasteiger partial charge in [-0.1, -0.05) is 0 Å². The van der Waals surface area contributed by atoms with Gasteiger partial charge < -0.3 is 20.2 Å². The molecular weight excluding hydrogens is 314 g/mol. The van der Waals surface area contributed by atoms with E-state index in [-0.39, 0.29) is 6.03 Å². The third-order valence-corrected chi connectivity index (χ3v) is 5.56. The number of carbonyl (C=O) groups excluding carboxylic acids is 1. The van der Waals surface area contributed by atoms with Crippen LogP contribution < -0.4 is 10.2 Å². The largest absolute Gasteiger partial charge is 0.391 e. The van der Waals surface area contributed by atoms with Crippen LogP contribution >= 0.6 is 0 Å². The molecule has 1 aromatic carbocycles. The summed E-state index contributed by atoms with van der Waals surface area (Å²) in [5.74, 6) is 0.378. The van der Waals surface area contributed by atoms with E-state index in [1.165, 1.54) is 24.9 Å². The van der Waals surface area contributed by atoms with Gasteiger partial charge >= 0.3 is 6.03 Å². The quantitative estimate of drug-likeness (QED) is 0.857. The van der Waals surface area contributed by atoms with Crippen molar-refractivity contribution in [2.75, 3.05) is 30.4 Å². The zero-order valence-electron chi connectivity index (χ0n) is 15.7. The molecule has 1 saturated carbocycles. The molecule has 1 aliphatic heterocycles. The third kappa shape index (κ3) is 4.46. The lowest BCUT2D eigenvalue weighted by Gasteiger charge is -2.35. The van der Waals surface area contributed by atoms with Crippen molar-refractivity contribution in [3.8, 4) is 0 Å². The van der Waals surface area contributed by atoms with Gasteiger partial charge in [0.25, 0.3) is 0 Å². The van der Waals surface area contributed by atoms with Gasteiger partial charge in [0.05, 0.1) is 6.10 Å². The van der Waals surface area contributed by atoms with Crippen molar-refractivity contribution in [1.29, 1.82) is 0 Å². The van der Waals surface area contributed by atoms with Crippen molar-refractivity contribution in [3.63, 3.8) is 0 Å². The topological polar surface area (TPSA) is 55.8 Å². The predicted octanol–water partition coefficient (Wildman–Crippen LogP) is 3.61. The molecule has 0 aromatic heterocycles. The minimum atomic E-state index is -0.403. The number of rotatable bonds is 5. The molecule has 5 heteroatoms. The zero-order chi connectivity index (χ0) is 18.0. The van der Waals surface area contributed by atoms with E-state index < -0.39 is 6.10 Å². The maximum Gasteiger partial charge on any atom is 0.321 e. The van der Waals surface area contributed by atoms with Crippen molar-refractivity contribution >= 4 is 17.4 Å². The molecule has 2 aliphatic rings. The van der Waals surface area contributed by atoms with E-state index in [2.05, 4.69) is 29.3 Å². The molecule has 1 saturated heterocycles. The van der Waals surface area contributed by atoms with Crippen molar-refractivity contribution in [2.24, 2.45) is 5.92 Å². The lowest BCUT2D eigenvalue weighted by molar-refractivity contribution is 0.117. The number of urea groups is 1. The molecule has 2 unspecified atom stereocenters. The zero-order valence-corrected chi connectivity index (χ0v) is 15.7. The minimum Gasteiger partial charge on any atom is -0.391 e. The maximum absolute atomic E-state index is 12.4. The predicted molar refractivity (Wildman–Crippen MR) is 102 cm³/mol. The molecule has 0 spiro atoms. The van der Waals surface area contributed by atoms with Crippen molar-refractivity contribution in [3.05, 3.63) is 23.8 Å². The van der Waals surface area contributed by atoms with E-state index in [0.717, 1.165) is 30.6 Å². The van der Waals surface area contributed by atoms with Crippen molar-refractivity contribution in [2.45, 2.75) is 58.1 Å². The van der Waals surface area contributed by atoms with Crippen molar-refractivity contribution < 1.29 is 9.90 Å². The number of nitrogens with one attached hydrogen (secondary N) is 1. The highest BCUT2D eigenvalue weighted by Gasteiger charge is 2.31. The van der Waals surface area contributed by atoms with E-state index in [9.17, 15) is 9.90 Å². The summed E-state index contributed by atoms with van der Waals surface area (Å²) in [5.41, 5.74) is 3.14. The summed E-state index contributed by atoms with van der Waals surface area (Å²) in [6.07, 6.45) is 5.55. The highest BCUT2D eigenvalue weighted by Crippen LogP contribution is 2.33. The maximum atomic E-state index is 12.4. The number of nitrogens with zero attached hydrogens (tertiary/aromatic N) is 2. The minimum absolute atomic E-state index is 0.165. The van der Waals surface area contributed by atoms with Crippen LogP contribution in [0.25, 0.3) is 0 Å². The summed E-state index contributed by atoms with van der Waals surface area (Å²) in [7, 11) is 1.74. The normalized spacial score (nSPS) is 21.8. The van der Waals surface area contributed by atoms with Crippen LogP contribution in [-0.2, 0) is 0 Å². The number of piperidine rings is 1. The Kier molecular flexibility index (Phi) is 5.52. The number of likely N-dealkylation sites (N-methyl/N-ethyl adjacent to an activating group) is 1. The van der Waals surface area contributed by atoms with Crippen LogP contribution in [0.3, 0.4) is 0 Å². The van der Waals surface area contributed by atoms with Gasteiger partial charge in [0.2, 0.25) is 0 Å². The lowest BCUT2D eigenvalue weighted by atomic mass is 10.0. The fourth-order valence-electron chi connectivity index (χ4n) is 3.65. The van der Waals surface area contributed by atoms with E-state index in [4.69, 9.17) is 0 Å². The number of hydrogen-bond acceptors (Lipinski definition) is 3. The number of aryl methyl sites for hydroxylation is 1. The number of anilines is 2. The van der Waals surface area contributed by atoms with Gasteiger partial charge in [-0.25, -0.2) is 4.79 Å². The number of aliphatic hydroxyl groups is 1. The summed E-state index contributed by atoms with van der Waals surface area (Å²) < 4.78 is 0. The van der Waals surface area contributed by atoms with Crippen LogP contribution in [0.1, 0.15) is 44.6 Å². The molecule has 0 radical (unpaired) electrons. The second-order valence-corrected chi connectivity index (χ2v) is 7.75. The van der Waals surface area contributed by atoms with Crippen LogP contribution in [0.2, 0.25) is 0 Å². The Morgan fingerprint density at radius 1 is 1.36 bits per heavy atom. The summed E-state index contributed by atoms with van der Waals surface area (Å²) in [4.78, 5) is 16.4. The van der Waals surface area contributed by atoms with E-state index >= 15 is 0 Å². The number of carbonyl (C=O) groups is 1. The number of amides is 2. The molecule has 2 N–H and O–H groups in total. The van der Waals surface area contributed by atoms with Gasteiger partial charge in [0, 0.05) is 37.6 Å². The molecule has 1 aliphatic carbocycles. The fourth-order valence-corrected chi connectivity index (χ4v) is 3.65. The lowest BCUT2D eigenvalue weighted by Crippen LogP contribution is -2.38. The Morgan fingerprint density at radius 2 is 2.12 bits per heavy atom. The van der Waals surface area contributed by atoms with Gasteiger partial charge in [0.1, 0.15) is 0 Å². The molecule has 3 rings (SSSR count). The molecule has 1 heterocycles. The van der Waals surface area contributed by atoms with E-state index in [0.29, 0.717) is 18.5 Å². The smallest absolute Gasteiger partial charge is 0.321 e. The van der Waals surface area contributed by atoms with Gasteiger partial charge in [0.15, 0.2) is 0 Å². The molecule has 0 bridgehead atoms. The Bertz CT molecular complexity index is 615. The van der Waals surface area contributed by atoms with Crippen LogP contribution in [0, 0.1) is 12.8 Å². The Balaban J connectivity index is 1.61. The first-order valence-electron chi connectivity index (χ1n) is 9.53. The molecule has 5 nitrogen and oxygen atoms in total. The number of hydrogen-bond donors (Lipinski definition) is 2. The van der Waals surface area contributed by atoms with E-state index in [1.54, 1.807) is 11.9 Å². The Labute approximate surface area is 151 Å². The second-order valence-electron chi connectivity index (χ2n) is 7.75. The van der Waals surface area contributed by atoms with Crippen LogP contribution in [-0.4, -0.2) is 48.3 Å². The van der Waals surface area contributed by atoms with Gasteiger partial charge in [-0.2, -0.15) is 0 Å². The van der Waals surface area contributed by atoms with Crippen LogP contribution in [0.5, 0.6) is 0 Å². The Morgan fingerprint density at radius 3 is 2.76 bits per heavy atom. The molecule has 25 heavy (non-hydrogen) atoms. The molecule has 1 aromatic rings. The van der Waals surface area contributed by atoms with Crippen molar-refractivity contribution in [1.82, 2.24) is 4.90 Å². The summed E-state index contributed by atoms with van der Waals surface area (Å²) >= 11 is 0. The average Bonchev–Trinajstić information content (AvgIpc) is 3.42. The van der Waals surface area contributed by atoms with Crippen LogP contribution in [0.4, 0.5) is 16.2 Å². The number of benzene rings is 1. The average molecular weight is 345 g/mol. The van der Waals surface area contributed by atoms with Gasteiger partial charge in [-0.3, -0.25) is 0 Å². The van der Waals surface area contributed by atoms with E-state index in [1.807, 2.05) is 13.0 Å². The second kappa shape index (κ2) is 7.65. The Hall–Kier alpha value is -1.75. The van der Waals surface area contributed by atoms with Gasteiger partial charge in [-0.15, -0.1) is 0 Å². The molecular formula is C20H31N3O2. The number of aliphatic hydroxyl groups excluding tert-OH is 1. The first kappa shape index (κ1) is 18.1. The SMILES string of the molecule is Cc1cc(N2CCCCC2C)ccc1NC(=O)N(C)CC(O)C1CC1. The molecule has 138 valence electrons. The summed E-state index contributed by atoms with van der Waals surface area (Å²) in [6.45, 7) is 5.81. The summed E-state index contributed by atoms with van der Waals surface area (Å²) in [6, 6.07) is 6.67. The first-order valence-corrected chi connectivity index (χ1v) is 9.53. The molecule has 2 atom stereocenters.